The molecule has 0 radical (unpaired) electrons. The van der Waals surface area contributed by atoms with Crippen molar-refractivity contribution in [1.82, 2.24) is 0 Å². The number of hydrogen-bond donors (Lipinski definition) is 2. The lowest BCUT2D eigenvalue weighted by Gasteiger charge is -2.35. The Kier molecular flexibility index (Phi) is 6.80. The SMILES string of the molecule is Cc1sc(NC(=O)c2ccccc2)c(C(c2ccc(Cl)cc2)[NH+]2CCC(C)CC2)c1C. The highest BCUT2D eigenvalue weighted by Crippen LogP contribution is 2.39. The van der Waals surface area contributed by atoms with Gasteiger partial charge in [0, 0.05) is 21.0 Å². The minimum Gasteiger partial charge on any atom is -0.325 e. The second-order valence-corrected chi connectivity index (χ2v) is 10.3. The fourth-order valence-corrected chi connectivity index (χ4v) is 5.75. The van der Waals surface area contributed by atoms with E-state index in [4.69, 9.17) is 11.6 Å². The summed E-state index contributed by atoms with van der Waals surface area (Å²) in [4.78, 5) is 15.8. The number of carbonyl (C=O) groups excluding carboxylic acids is 1. The predicted octanol–water partition coefficient (Wildman–Crippen LogP) is 5.67. The molecule has 1 atom stereocenters. The van der Waals surface area contributed by atoms with Gasteiger partial charge in [-0.3, -0.25) is 4.79 Å². The average Bonchev–Trinajstić information content (AvgIpc) is 3.05. The molecule has 3 nitrogen and oxygen atoms in total. The zero-order valence-corrected chi connectivity index (χ0v) is 19.9. The Morgan fingerprint density at radius 1 is 1.06 bits per heavy atom. The van der Waals surface area contributed by atoms with Crippen LogP contribution in [0.2, 0.25) is 5.02 Å². The molecule has 2 aromatic carbocycles. The lowest BCUT2D eigenvalue weighted by atomic mass is 9.91. The number of anilines is 1. The van der Waals surface area contributed by atoms with E-state index in [9.17, 15) is 4.79 Å². The van der Waals surface area contributed by atoms with E-state index in [1.807, 2.05) is 42.5 Å². The molecule has 1 aromatic heterocycles. The Balaban J connectivity index is 1.75. The van der Waals surface area contributed by atoms with Crippen molar-refractivity contribution in [3.05, 3.63) is 86.8 Å². The van der Waals surface area contributed by atoms with E-state index in [2.05, 4.69) is 38.2 Å². The molecule has 1 saturated heterocycles. The lowest BCUT2D eigenvalue weighted by molar-refractivity contribution is -0.931. The van der Waals surface area contributed by atoms with Crippen LogP contribution in [0, 0.1) is 19.8 Å². The summed E-state index contributed by atoms with van der Waals surface area (Å²) in [5, 5.41) is 4.96. The Bertz CT molecular complexity index is 1040. The molecule has 1 aliphatic heterocycles. The average molecular weight is 454 g/mol. The number of nitrogens with one attached hydrogen (secondary N) is 2. The molecule has 162 valence electrons. The molecular formula is C26H30ClN2OS+. The summed E-state index contributed by atoms with van der Waals surface area (Å²) in [7, 11) is 0. The second-order valence-electron chi connectivity index (χ2n) is 8.67. The standard InChI is InChI=1S/C26H29ClN2OS/c1-17-13-15-29(16-14-17)24(20-9-11-22(27)12-10-20)23-18(2)19(3)31-26(23)28-25(30)21-7-5-4-6-8-21/h4-12,17,24H,13-16H2,1-3H3,(H,28,30)/p+1. The van der Waals surface area contributed by atoms with Crippen LogP contribution in [-0.4, -0.2) is 19.0 Å². The van der Waals surface area contributed by atoms with Crippen molar-refractivity contribution in [2.24, 2.45) is 5.92 Å². The largest absolute Gasteiger partial charge is 0.325 e. The molecule has 0 bridgehead atoms. The fraction of sp³-hybridized carbons (Fsp3) is 0.346. The van der Waals surface area contributed by atoms with Crippen LogP contribution < -0.4 is 10.2 Å². The van der Waals surface area contributed by atoms with Crippen LogP contribution in [-0.2, 0) is 0 Å². The predicted molar refractivity (Wildman–Crippen MR) is 131 cm³/mol. The monoisotopic (exact) mass is 453 g/mol. The van der Waals surface area contributed by atoms with Crippen molar-refractivity contribution < 1.29 is 9.69 Å². The van der Waals surface area contributed by atoms with Crippen LogP contribution in [0.4, 0.5) is 5.00 Å². The first-order valence-electron chi connectivity index (χ1n) is 11.0. The third kappa shape index (κ3) is 4.87. The first-order chi connectivity index (χ1) is 14.9. The summed E-state index contributed by atoms with van der Waals surface area (Å²) in [6.07, 6.45) is 2.46. The summed E-state index contributed by atoms with van der Waals surface area (Å²) >= 11 is 7.89. The molecular weight excluding hydrogens is 424 g/mol. The summed E-state index contributed by atoms with van der Waals surface area (Å²) < 4.78 is 0. The Hall–Kier alpha value is -2.14. The van der Waals surface area contributed by atoms with Crippen molar-refractivity contribution in [2.75, 3.05) is 18.4 Å². The Morgan fingerprint density at radius 2 is 1.71 bits per heavy atom. The quantitative estimate of drug-likeness (QED) is 0.512. The second kappa shape index (κ2) is 9.56. The van der Waals surface area contributed by atoms with E-state index in [-0.39, 0.29) is 11.9 Å². The van der Waals surface area contributed by atoms with Crippen molar-refractivity contribution in [3.8, 4) is 0 Å². The van der Waals surface area contributed by atoms with Crippen molar-refractivity contribution in [2.45, 2.75) is 39.7 Å². The first-order valence-corrected chi connectivity index (χ1v) is 12.2. The zero-order chi connectivity index (χ0) is 22.0. The molecule has 0 saturated carbocycles. The molecule has 4 rings (SSSR count). The summed E-state index contributed by atoms with van der Waals surface area (Å²) in [5.41, 5.74) is 4.46. The van der Waals surface area contributed by atoms with Gasteiger partial charge in [-0.25, -0.2) is 0 Å². The van der Waals surface area contributed by atoms with Gasteiger partial charge in [0.2, 0.25) is 0 Å². The molecule has 1 unspecified atom stereocenters. The van der Waals surface area contributed by atoms with Gasteiger partial charge in [-0.15, -0.1) is 11.3 Å². The highest BCUT2D eigenvalue weighted by Gasteiger charge is 2.34. The van der Waals surface area contributed by atoms with Gasteiger partial charge in [0.25, 0.3) is 5.91 Å². The number of aryl methyl sites for hydroxylation is 1. The van der Waals surface area contributed by atoms with Crippen LogP contribution >= 0.6 is 22.9 Å². The number of hydrogen-bond acceptors (Lipinski definition) is 2. The van der Waals surface area contributed by atoms with Gasteiger partial charge in [0.15, 0.2) is 0 Å². The lowest BCUT2D eigenvalue weighted by Crippen LogP contribution is -3.13. The van der Waals surface area contributed by atoms with Crippen LogP contribution in [0.1, 0.15) is 57.7 Å². The van der Waals surface area contributed by atoms with Crippen LogP contribution in [0.25, 0.3) is 0 Å². The van der Waals surface area contributed by atoms with Crippen molar-refractivity contribution in [1.29, 1.82) is 0 Å². The van der Waals surface area contributed by atoms with E-state index in [0.29, 0.717) is 5.56 Å². The third-order valence-electron chi connectivity index (χ3n) is 6.51. The smallest absolute Gasteiger partial charge is 0.256 e. The van der Waals surface area contributed by atoms with Gasteiger partial charge >= 0.3 is 0 Å². The van der Waals surface area contributed by atoms with Gasteiger partial charge in [0.05, 0.1) is 18.7 Å². The van der Waals surface area contributed by atoms with Crippen LogP contribution in [0.5, 0.6) is 0 Å². The summed E-state index contributed by atoms with van der Waals surface area (Å²) in [6, 6.07) is 17.9. The number of quaternary nitrogens is 1. The maximum absolute atomic E-state index is 13.0. The maximum atomic E-state index is 13.0. The van der Waals surface area contributed by atoms with Crippen molar-refractivity contribution in [3.63, 3.8) is 0 Å². The molecule has 1 amide bonds. The molecule has 31 heavy (non-hydrogen) atoms. The van der Waals surface area contributed by atoms with E-state index in [1.54, 1.807) is 16.2 Å². The van der Waals surface area contributed by atoms with Crippen molar-refractivity contribution >= 4 is 33.8 Å². The minimum atomic E-state index is -0.0553. The molecule has 3 aromatic rings. The summed E-state index contributed by atoms with van der Waals surface area (Å²) in [6.45, 7) is 8.95. The number of likely N-dealkylation sites (tertiary alicyclic amines) is 1. The first kappa shape index (κ1) is 22.1. The van der Waals surface area contributed by atoms with E-state index < -0.39 is 0 Å². The number of halogens is 1. The van der Waals surface area contributed by atoms with Crippen LogP contribution in [0.3, 0.4) is 0 Å². The van der Waals surface area contributed by atoms with E-state index in [0.717, 1.165) is 29.0 Å². The van der Waals surface area contributed by atoms with E-state index in [1.165, 1.54) is 34.4 Å². The van der Waals surface area contributed by atoms with Crippen LogP contribution in [0.15, 0.2) is 54.6 Å². The van der Waals surface area contributed by atoms with Gasteiger partial charge in [-0.1, -0.05) is 48.9 Å². The van der Waals surface area contributed by atoms with Gasteiger partial charge in [0.1, 0.15) is 11.0 Å². The maximum Gasteiger partial charge on any atom is 0.256 e. The van der Waals surface area contributed by atoms with Gasteiger partial charge < -0.3 is 10.2 Å². The number of thiophene rings is 1. The number of rotatable bonds is 5. The molecule has 2 N–H and O–H groups in total. The number of amides is 1. The number of piperidine rings is 1. The molecule has 0 spiro atoms. The molecule has 5 heteroatoms. The van der Waals surface area contributed by atoms with Gasteiger partial charge in [-0.2, -0.15) is 0 Å². The summed E-state index contributed by atoms with van der Waals surface area (Å²) in [5.74, 6) is 0.720. The molecule has 1 aliphatic rings. The molecule has 0 aliphatic carbocycles. The molecule has 1 fully saturated rings. The topological polar surface area (TPSA) is 33.5 Å². The fourth-order valence-electron chi connectivity index (χ4n) is 4.53. The third-order valence-corrected chi connectivity index (χ3v) is 7.90. The van der Waals surface area contributed by atoms with Gasteiger partial charge in [-0.05, 0) is 62.4 Å². The highest BCUT2D eigenvalue weighted by molar-refractivity contribution is 7.16. The Morgan fingerprint density at radius 3 is 2.35 bits per heavy atom. The number of carbonyl (C=O) groups is 1. The highest BCUT2D eigenvalue weighted by atomic mass is 35.5. The van der Waals surface area contributed by atoms with E-state index >= 15 is 0 Å². The normalized spacial score (nSPS) is 19.7. The Labute approximate surface area is 194 Å². The molecule has 2 heterocycles. The minimum absolute atomic E-state index is 0.0553. The zero-order valence-electron chi connectivity index (χ0n) is 18.4. The number of benzene rings is 2.